The van der Waals surface area contributed by atoms with Crippen molar-refractivity contribution < 1.29 is 9.21 Å². The number of anilines is 2. The average molecular weight is 480 g/mol. The summed E-state index contributed by atoms with van der Waals surface area (Å²) in [6.45, 7) is 13.3. The Morgan fingerprint density at radius 1 is 1.20 bits per heavy atom. The number of aromatic nitrogens is 4. The lowest BCUT2D eigenvalue weighted by Gasteiger charge is -2.47. The number of nitrogens with one attached hydrogen (secondary N) is 1. The van der Waals surface area contributed by atoms with E-state index < -0.39 is 0 Å². The monoisotopic (exact) mass is 479 g/mol. The average Bonchev–Trinajstić information content (AvgIpc) is 3.44. The van der Waals surface area contributed by atoms with Crippen molar-refractivity contribution in [2.45, 2.75) is 71.8 Å². The fourth-order valence-electron chi connectivity index (χ4n) is 5.84. The van der Waals surface area contributed by atoms with Crippen LogP contribution >= 0.6 is 0 Å². The van der Waals surface area contributed by atoms with E-state index in [2.05, 4.69) is 40.8 Å². The molecule has 5 rings (SSSR count). The summed E-state index contributed by atoms with van der Waals surface area (Å²) in [4.78, 5) is 26.3. The molecule has 2 aliphatic heterocycles. The van der Waals surface area contributed by atoms with Gasteiger partial charge in [-0.05, 0) is 50.5 Å². The Bertz CT molecular complexity index is 1090. The Balaban J connectivity index is 1.37. The predicted molar refractivity (Wildman–Crippen MR) is 134 cm³/mol. The highest BCUT2D eigenvalue weighted by Gasteiger charge is 2.49. The number of amides is 1. The molecule has 1 aliphatic carbocycles. The van der Waals surface area contributed by atoms with Crippen LogP contribution in [0.5, 0.6) is 0 Å². The number of carbonyl (C=O) groups is 1. The number of aryl methyl sites for hydroxylation is 2. The van der Waals surface area contributed by atoms with E-state index in [0.717, 1.165) is 63.6 Å². The summed E-state index contributed by atoms with van der Waals surface area (Å²) in [5.74, 6) is 3.58. The predicted octanol–water partition coefficient (Wildman–Crippen LogP) is 3.34. The third-order valence-corrected chi connectivity index (χ3v) is 7.52. The molecule has 0 bridgehead atoms. The van der Waals surface area contributed by atoms with Crippen LogP contribution in [0.2, 0.25) is 0 Å². The molecule has 2 saturated heterocycles. The molecule has 1 unspecified atom stereocenters. The van der Waals surface area contributed by atoms with Gasteiger partial charge in [-0.15, -0.1) is 10.2 Å². The minimum Gasteiger partial charge on any atom is -0.426 e. The molecule has 2 aromatic rings. The minimum atomic E-state index is 0.0261. The zero-order chi connectivity index (χ0) is 24.6. The number of hydrogen-bond donors (Lipinski definition) is 1. The maximum Gasteiger partial charge on any atom is 0.245 e. The van der Waals surface area contributed by atoms with Crippen LogP contribution < -0.4 is 10.2 Å². The van der Waals surface area contributed by atoms with Gasteiger partial charge >= 0.3 is 0 Å². The van der Waals surface area contributed by atoms with E-state index in [1.165, 1.54) is 30.2 Å². The normalized spacial score (nSPS) is 19.5. The summed E-state index contributed by atoms with van der Waals surface area (Å²) >= 11 is 0. The molecule has 188 valence electrons. The second-order valence-corrected chi connectivity index (χ2v) is 11.0. The van der Waals surface area contributed by atoms with Gasteiger partial charge in [-0.1, -0.05) is 20.4 Å². The summed E-state index contributed by atoms with van der Waals surface area (Å²) in [5.41, 5.74) is 2.59. The third kappa shape index (κ3) is 5.04. The molecule has 9 nitrogen and oxygen atoms in total. The lowest BCUT2D eigenvalue weighted by Crippen LogP contribution is -2.59. The summed E-state index contributed by atoms with van der Waals surface area (Å²) in [6, 6.07) is 0.152. The molecule has 2 fully saturated rings. The number of rotatable bonds is 8. The number of fused-ring (bicyclic) bond motifs is 1. The molecule has 35 heavy (non-hydrogen) atoms. The summed E-state index contributed by atoms with van der Waals surface area (Å²) < 4.78 is 5.69. The van der Waals surface area contributed by atoms with Crippen LogP contribution in [0.3, 0.4) is 0 Å². The Morgan fingerprint density at radius 3 is 2.71 bits per heavy atom. The maximum absolute atomic E-state index is 11.9. The van der Waals surface area contributed by atoms with E-state index in [0.29, 0.717) is 24.1 Å². The van der Waals surface area contributed by atoms with Crippen molar-refractivity contribution in [3.8, 4) is 0 Å². The van der Waals surface area contributed by atoms with Gasteiger partial charge < -0.3 is 19.5 Å². The Labute approximate surface area is 207 Å². The van der Waals surface area contributed by atoms with Crippen molar-refractivity contribution in [3.05, 3.63) is 35.7 Å². The van der Waals surface area contributed by atoms with Crippen LogP contribution in [-0.4, -0.2) is 63.2 Å². The van der Waals surface area contributed by atoms with E-state index in [9.17, 15) is 4.79 Å². The largest absolute Gasteiger partial charge is 0.426 e. The number of likely N-dealkylation sites (tertiary alicyclic amines) is 1. The van der Waals surface area contributed by atoms with E-state index in [-0.39, 0.29) is 17.4 Å². The van der Waals surface area contributed by atoms with Crippen LogP contribution in [-0.2, 0) is 24.1 Å². The molecule has 2 aromatic heterocycles. The lowest BCUT2D eigenvalue weighted by molar-refractivity contribution is -0.136. The van der Waals surface area contributed by atoms with Crippen molar-refractivity contribution in [1.82, 2.24) is 25.1 Å². The highest BCUT2D eigenvalue weighted by Crippen LogP contribution is 2.41. The van der Waals surface area contributed by atoms with Crippen LogP contribution in [0.15, 0.2) is 17.1 Å². The smallest absolute Gasteiger partial charge is 0.245 e. The molecule has 9 heteroatoms. The summed E-state index contributed by atoms with van der Waals surface area (Å²) in [7, 11) is 0. The van der Waals surface area contributed by atoms with E-state index in [4.69, 9.17) is 14.4 Å². The standard InChI is InChI=1S/C26H37N7O2/c1-5-23(34)33-15-26(16-33)10-11-32(14-26)25-28-21-9-7-6-8-20(21)24(29-25)27-19(12-17(2)3)13-22-31-30-18(4)35-22/h5,17,19H,1,6-16H2,2-4H3,(H,27,28,29). The molecule has 1 amide bonds. The molecule has 0 radical (unpaired) electrons. The van der Waals surface area contributed by atoms with Gasteiger partial charge in [0, 0.05) is 56.5 Å². The molecule has 1 atom stereocenters. The first-order chi connectivity index (χ1) is 16.8. The zero-order valence-corrected chi connectivity index (χ0v) is 21.2. The van der Waals surface area contributed by atoms with Gasteiger partial charge in [0.15, 0.2) is 0 Å². The highest BCUT2D eigenvalue weighted by molar-refractivity contribution is 5.87. The van der Waals surface area contributed by atoms with Crippen molar-refractivity contribution in [3.63, 3.8) is 0 Å². The first-order valence-electron chi connectivity index (χ1n) is 13.0. The highest BCUT2D eigenvalue weighted by atomic mass is 16.4. The van der Waals surface area contributed by atoms with E-state index in [1.807, 2.05) is 11.8 Å². The van der Waals surface area contributed by atoms with Crippen LogP contribution in [0.1, 0.15) is 62.6 Å². The molecule has 4 heterocycles. The van der Waals surface area contributed by atoms with Crippen molar-refractivity contribution in [1.29, 1.82) is 0 Å². The first kappa shape index (κ1) is 23.8. The molecule has 1 spiro atoms. The summed E-state index contributed by atoms with van der Waals surface area (Å²) in [5, 5.41) is 12.0. The Kier molecular flexibility index (Phi) is 6.51. The van der Waals surface area contributed by atoms with E-state index in [1.54, 1.807) is 0 Å². The quantitative estimate of drug-likeness (QED) is 0.576. The molecular weight excluding hydrogens is 442 g/mol. The molecule has 0 saturated carbocycles. The lowest BCUT2D eigenvalue weighted by atomic mass is 9.79. The second-order valence-electron chi connectivity index (χ2n) is 11.0. The van der Waals surface area contributed by atoms with Crippen LogP contribution in [0, 0.1) is 18.3 Å². The molecular formula is C26H37N7O2. The van der Waals surface area contributed by atoms with Gasteiger partial charge in [-0.25, -0.2) is 4.98 Å². The third-order valence-electron chi connectivity index (χ3n) is 7.52. The van der Waals surface area contributed by atoms with Crippen molar-refractivity contribution in [2.24, 2.45) is 11.3 Å². The Morgan fingerprint density at radius 2 is 2.00 bits per heavy atom. The SMILES string of the molecule is C=CC(=O)N1CC2(CCN(c3nc4c(c(NC(Cc5nnc(C)o5)CC(C)C)n3)CCCC4)C2)C1. The molecule has 1 N–H and O–H groups in total. The topological polar surface area (TPSA) is 100 Å². The van der Waals surface area contributed by atoms with Crippen LogP contribution in [0.25, 0.3) is 0 Å². The minimum absolute atomic E-state index is 0.0261. The fraction of sp³-hybridized carbons (Fsp3) is 0.654. The van der Waals surface area contributed by atoms with Crippen molar-refractivity contribution in [2.75, 3.05) is 36.4 Å². The fourth-order valence-corrected chi connectivity index (χ4v) is 5.84. The zero-order valence-electron chi connectivity index (χ0n) is 21.2. The van der Waals surface area contributed by atoms with Gasteiger partial charge in [0.1, 0.15) is 5.82 Å². The van der Waals surface area contributed by atoms with Gasteiger partial charge in [0.05, 0.1) is 5.69 Å². The van der Waals surface area contributed by atoms with Gasteiger partial charge in [0.2, 0.25) is 23.6 Å². The van der Waals surface area contributed by atoms with Gasteiger partial charge in [-0.2, -0.15) is 4.98 Å². The van der Waals surface area contributed by atoms with Gasteiger partial charge in [0.25, 0.3) is 0 Å². The number of carbonyl (C=O) groups excluding carboxylic acids is 1. The summed E-state index contributed by atoms with van der Waals surface area (Å²) in [6.07, 6.45) is 8.47. The Hall–Kier alpha value is -2.97. The number of hydrogen-bond acceptors (Lipinski definition) is 8. The van der Waals surface area contributed by atoms with Crippen LogP contribution in [0.4, 0.5) is 11.8 Å². The van der Waals surface area contributed by atoms with Crippen molar-refractivity contribution >= 4 is 17.7 Å². The second kappa shape index (κ2) is 9.59. The first-order valence-corrected chi connectivity index (χ1v) is 13.0. The number of nitrogens with zero attached hydrogens (tertiary/aromatic N) is 6. The maximum atomic E-state index is 11.9. The molecule has 3 aliphatic rings. The molecule has 0 aromatic carbocycles. The van der Waals surface area contributed by atoms with Gasteiger partial charge in [-0.3, -0.25) is 4.79 Å². The van der Waals surface area contributed by atoms with E-state index >= 15 is 0 Å².